The van der Waals surface area contributed by atoms with Crippen LogP contribution in [0.4, 0.5) is 5.82 Å². The zero-order valence-electron chi connectivity index (χ0n) is 19.1. The van der Waals surface area contributed by atoms with Gasteiger partial charge in [-0.05, 0) is 36.4 Å². The molecule has 1 fully saturated rings. The smallest absolute Gasteiger partial charge is 0.331 e. The first kappa shape index (κ1) is 23.8. The highest BCUT2D eigenvalue weighted by atomic mass is 35.5. The molecule has 0 saturated carbocycles. The molecule has 2 aliphatic rings. The molecule has 9 nitrogen and oxygen atoms in total. The Morgan fingerprint density at radius 2 is 1.76 bits per heavy atom. The summed E-state index contributed by atoms with van der Waals surface area (Å²) < 4.78 is 10.8. The first-order chi connectivity index (χ1) is 16.2. The molecular weight excluding hydrogens is 462 g/mol. The number of carboxylic acids is 2. The summed E-state index contributed by atoms with van der Waals surface area (Å²) in [6, 6.07) is 3.55. The molecule has 2 heterocycles. The monoisotopic (exact) mass is 487 g/mol. The SMILES string of the molecule is COc1cc2nc(Cl)nc(N3CCC(C4(C(=O)O)C=CC=C(C(=O)O)C4C)CC3)c2cc1OC. The molecule has 0 radical (unpaired) electrons. The van der Waals surface area contributed by atoms with Crippen LogP contribution in [0.15, 0.2) is 35.9 Å². The molecule has 2 aromatic rings. The van der Waals surface area contributed by atoms with Gasteiger partial charge < -0.3 is 24.6 Å². The summed E-state index contributed by atoms with van der Waals surface area (Å²) in [5, 5.41) is 20.6. The molecule has 2 unspecified atom stereocenters. The largest absolute Gasteiger partial charge is 0.493 e. The minimum absolute atomic E-state index is 0.0962. The van der Waals surface area contributed by atoms with Crippen molar-refractivity contribution in [2.75, 3.05) is 32.2 Å². The van der Waals surface area contributed by atoms with Crippen LogP contribution in [0.25, 0.3) is 10.9 Å². The molecule has 180 valence electrons. The zero-order valence-corrected chi connectivity index (χ0v) is 19.9. The van der Waals surface area contributed by atoms with Crippen molar-refractivity contribution in [1.29, 1.82) is 0 Å². The minimum atomic E-state index is -1.28. The lowest BCUT2D eigenvalue weighted by molar-refractivity contribution is -0.152. The summed E-state index contributed by atoms with van der Waals surface area (Å²) in [6.45, 7) is 2.74. The molecule has 1 aliphatic heterocycles. The average molecular weight is 488 g/mol. The molecule has 0 amide bonds. The summed E-state index contributed by atoms with van der Waals surface area (Å²) >= 11 is 6.22. The number of hydrogen-bond acceptors (Lipinski definition) is 7. The Bertz CT molecular complexity index is 1200. The third kappa shape index (κ3) is 3.83. The Kier molecular flexibility index (Phi) is 6.40. The molecule has 1 saturated heterocycles. The number of ether oxygens (including phenoxy) is 2. The molecule has 1 aliphatic carbocycles. The third-order valence-corrected chi connectivity index (χ3v) is 7.24. The second-order valence-electron chi connectivity index (χ2n) is 8.55. The molecule has 10 heteroatoms. The van der Waals surface area contributed by atoms with Crippen LogP contribution in [0.2, 0.25) is 5.28 Å². The second kappa shape index (κ2) is 9.13. The van der Waals surface area contributed by atoms with Crippen molar-refractivity contribution < 1.29 is 29.3 Å². The molecule has 34 heavy (non-hydrogen) atoms. The van der Waals surface area contributed by atoms with Gasteiger partial charge in [0.25, 0.3) is 0 Å². The number of allylic oxidation sites excluding steroid dienone is 2. The standard InChI is InChI=1S/C24H26ClN3O6/c1-13-15(21(29)30)5-4-8-24(13,22(31)32)14-6-9-28(10-7-14)20-16-11-18(33-2)19(34-3)12-17(16)26-23(25)27-20/h4-5,8,11-14H,6-7,9-10H2,1-3H3,(H,29,30)(H,31,32). The lowest BCUT2D eigenvalue weighted by Crippen LogP contribution is -2.49. The molecule has 1 aromatic heterocycles. The van der Waals surface area contributed by atoms with Crippen molar-refractivity contribution in [3.63, 3.8) is 0 Å². The van der Waals surface area contributed by atoms with Crippen molar-refractivity contribution in [2.45, 2.75) is 19.8 Å². The summed E-state index contributed by atoms with van der Waals surface area (Å²) in [4.78, 5) is 35.0. The van der Waals surface area contributed by atoms with Crippen molar-refractivity contribution in [3.05, 3.63) is 41.2 Å². The topological polar surface area (TPSA) is 122 Å². The molecule has 1 aromatic carbocycles. The molecule has 2 N–H and O–H groups in total. The van der Waals surface area contributed by atoms with Gasteiger partial charge in [0.15, 0.2) is 11.5 Å². The van der Waals surface area contributed by atoms with Gasteiger partial charge in [-0.15, -0.1) is 0 Å². The fourth-order valence-corrected chi connectivity index (χ4v) is 5.43. The van der Waals surface area contributed by atoms with E-state index < -0.39 is 23.3 Å². The maximum atomic E-state index is 12.5. The Morgan fingerprint density at radius 3 is 2.35 bits per heavy atom. The van der Waals surface area contributed by atoms with Crippen LogP contribution >= 0.6 is 11.6 Å². The summed E-state index contributed by atoms with van der Waals surface area (Å²) in [5.41, 5.74) is -0.560. The van der Waals surface area contributed by atoms with E-state index in [0.717, 1.165) is 5.39 Å². The van der Waals surface area contributed by atoms with Gasteiger partial charge in [-0.3, -0.25) is 4.79 Å². The molecule has 2 atom stereocenters. The predicted octanol–water partition coefficient (Wildman–Crippen LogP) is 3.80. The van der Waals surface area contributed by atoms with Crippen LogP contribution < -0.4 is 14.4 Å². The Morgan fingerprint density at radius 1 is 1.12 bits per heavy atom. The highest BCUT2D eigenvalue weighted by Crippen LogP contribution is 2.48. The number of carbonyl (C=O) groups is 2. The number of benzene rings is 1. The van der Waals surface area contributed by atoms with Crippen molar-refractivity contribution in [2.24, 2.45) is 17.3 Å². The van der Waals surface area contributed by atoms with Crippen LogP contribution in [0.1, 0.15) is 19.8 Å². The van der Waals surface area contributed by atoms with Gasteiger partial charge in [0.05, 0.1) is 25.2 Å². The number of fused-ring (bicyclic) bond motifs is 1. The first-order valence-electron chi connectivity index (χ1n) is 10.9. The zero-order chi connectivity index (χ0) is 24.6. The van der Waals surface area contributed by atoms with E-state index in [9.17, 15) is 19.8 Å². The lowest BCUT2D eigenvalue weighted by atomic mass is 9.60. The third-order valence-electron chi connectivity index (χ3n) is 7.07. The van der Waals surface area contributed by atoms with Gasteiger partial charge in [0.2, 0.25) is 5.28 Å². The van der Waals surface area contributed by atoms with E-state index in [-0.39, 0.29) is 16.8 Å². The van der Waals surface area contributed by atoms with Gasteiger partial charge in [-0.2, -0.15) is 4.98 Å². The average Bonchev–Trinajstić information content (AvgIpc) is 2.82. The summed E-state index contributed by atoms with van der Waals surface area (Å²) in [5.74, 6) is -1.30. The summed E-state index contributed by atoms with van der Waals surface area (Å²) in [6.07, 6.45) is 5.79. The number of nitrogens with zero attached hydrogens (tertiary/aromatic N) is 3. The molecule has 0 bridgehead atoms. The van der Waals surface area contributed by atoms with E-state index >= 15 is 0 Å². The number of piperidine rings is 1. The predicted molar refractivity (Wildman–Crippen MR) is 127 cm³/mol. The number of hydrogen-bond donors (Lipinski definition) is 2. The van der Waals surface area contributed by atoms with Gasteiger partial charge in [0.1, 0.15) is 5.82 Å². The first-order valence-corrected chi connectivity index (χ1v) is 11.3. The maximum Gasteiger partial charge on any atom is 0.331 e. The Balaban J connectivity index is 1.65. The van der Waals surface area contributed by atoms with Crippen LogP contribution in [0, 0.1) is 17.3 Å². The van der Waals surface area contributed by atoms with Crippen LogP contribution in [-0.2, 0) is 9.59 Å². The van der Waals surface area contributed by atoms with Crippen LogP contribution in [-0.4, -0.2) is 59.4 Å². The normalized spacial score (nSPS) is 23.0. The van der Waals surface area contributed by atoms with Gasteiger partial charge in [-0.1, -0.05) is 25.2 Å². The number of rotatable bonds is 6. The lowest BCUT2D eigenvalue weighted by Gasteiger charge is -2.45. The second-order valence-corrected chi connectivity index (χ2v) is 8.89. The van der Waals surface area contributed by atoms with Gasteiger partial charge in [0, 0.05) is 36.0 Å². The highest BCUT2D eigenvalue weighted by Gasteiger charge is 2.52. The van der Waals surface area contributed by atoms with Gasteiger partial charge >= 0.3 is 11.9 Å². The highest BCUT2D eigenvalue weighted by molar-refractivity contribution is 6.28. The fraction of sp³-hybridized carbons (Fsp3) is 0.417. The number of aromatic nitrogens is 2. The minimum Gasteiger partial charge on any atom is -0.493 e. The summed E-state index contributed by atoms with van der Waals surface area (Å²) in [7, 11) is 3.10. The van der Waals surface area contributed by atoms with Crippen molar-refractivity contribution in [3.8, 4) is 11.5 Å². The fourth-order valence-electron chi connectivity index (χ4n) is 5.26. The number of methoxy groups -OCH3 is 2. The molecule has 4 rings (SSSR count). The Labute approximate surface area is 201 Å². The van der Waals surface area contributed by atoms with Crippen LogP contribution in [0.3, 0.4) is 0 Å². The van der Waals surface area contributed by atoms with E-state index in [0.29, 0.717) is 48.8 Å². The molecule has 0 spiro atoms. The molecular formula is C24H26ClN3O6. The number of halogens is 1. The van der Waals surface area contributed by atoms with E-state index in [4.69, 9.17) is 21.1 Å². The van der Waals surface area contributed by atoms with E-state index in [1.165, 1.54) is 6.08 Å². The van der Waals surface area contributed by atoms with E-state index in [2.05, 4.69) is 14.9 Å². The van der Waals surface area contributed by atoms with Crippen molar-refractivity contribution in [1.82, 2.24) is 9.97 Å². The quantitative estimate of drug-likeness (QED) is 0.585. The van der Waals surface area contributed by atoms with E-state index in [1.807, 2.05) is 0 Å². The maximum absolute atomic E-state index is 12.5. The van der Waals surface area contributed by atoms with Crippen LogP contribution in [0.5, 0.6) is 11.5 Å². The Hall–Kier alpha value is -3.33. The number of aliphatic carboxylic acids is 2. The van der Waals surface area contributed by atoms with Gasteiger partial charge in [-0.25, -0.2) is 9.78 Å². The number of anilines is 1. The van der Waals surface area contributed by atoms with Crippen molar-refractivity contribution >= 4 is 40.3 Å². The number of carboxylic acid groups (broad SMARTS) is 2. The van der Waals surface area contributed by atoms with E-state index in [1.54, 1.807) is 45.4 Å².